The van der Waals surface area contributed by atoms with Crippen LogP contribution in [0.15, 0.2) is 29.4 Å². The smallest absolute Gasteiger partial charge is 0.191 e. The van der Waals surface area contributed by atoms with E-state index in [0.717, 1.165) is 24.3 Å². The van der Waals surface area contributed by atoms with Gasteiger partial charge in [0.1, 0.15) is 11.9 Å². The number of thioether (sulfide) groups is 1. The van der Waals surface area contributed by atoms with E-state index in [-0.39, 0.29) is 18.6 Å². The van der Waals surface area contributed by atoms with Crippen LogP contribution in [0, 0.1) is 5.92 Å². The highest BCUT2D eigenvalue weighted by atomic mass is 32.2. The number of aliphatic hydroxyl groups excluding tert-OH is 3. The molecule has 5 rings (SSSR count). The molecule has 0 bridgehead atoms. The lowest BCUT2D eigenvalue weighted by Gasteiger charge is -2.17. The molecule has 0 aliphatic heterocycles. The zero-order valence-electron chi connectivity index (χ0n) is 19.9. The molecule has 0 spiro atoms. The van der Waals surface area contributed by atoms with Gasteiger partial charge in [0.15, 0.2) is 22.1 Å². The Kier molecular flexibility index (Phi) is 7.10. The summed E-state index contributed by atoms with van der Waals surface area (Å²) >= 11 is 1.57. The van der Waals surface area contributed by atoms with E-state index in [1.54, 1.807) is 23.6 Å². The van der Waals surface area contributed by atoms with Gasteiger partial charge < -0.3 is 25.4 Å². The van der Waals surface area contributed by atoms with Crippen LogP contribution >= 0.6 is 11.8 Å². The number of hydrogen-bond acceptors (Lipinski definition) is 10. The Morgan fingerprint density at radius 3 is 2.77 bits per heavy atom. The third kappa shape index (κ3) is 4.69. The number of rotatable bonds is 10. The summed E-state index contributed by atoms with van der Waals surface area (Å²) in [5.41, 5.74) is 2.25. The van der Waals surface area contributed by atoms with E-state index in [0.29, 0.717) is 40.9 Å². The molecule has 2 heterocycles. The average molecular weight is 501 g/mol. The highest BCUT2D eigenvalue weighted by Gasteiger charge is 2.44. The number of benzene rings is 1. The van der Waals surface area contributed by atoms with Crippen LogP contribution in [-0.4, -0.2) is 78.0 Å². The highest BCUT2D eigenvalue weighted by Crippen LogP contribution is 2.47. The van der Waals surface area contributed by atoms with Crippen molar-refractivity contribution in [2.45, 2.75) is 68.0 Å². The second-order valence-electron chi connectivity index (χ2n) is 9.30. The standard InChI is InChI=1S/C24H32N6O4S/c1-3-10-35-24-26-22(25-16-12-15(16)14-6-4-5-7-18(14)34-2)19-23(27-24)30(29-28-19)17-11-13(8-9-31)20(32)21(17)33/h4-7,13,15-17,20-21,31-33H,3,8-12H2,1-2H3,(H,25,26,27)/t13-,15?,16?,17+,20+,21-/m0/s1. The number of fused-ring (bicyclic) bond motifs is 1. The van der Waals surface area contributed by atoms with Crippen LogP contribution in [0.5, 0.6) is 5.75 Å². The second kappa shape index (κ2) is 10.3. The molecule has 11 heteroatoms. The lowest BCUT2D eigenvalue weighted by molar-refractivity contribution is 0.00107. The minimum atomic E-state index is -1.01. The monoisotopic (exact) mass is 500 g/mol. The lowest BCUT2D eigenvalue weighted by Crippen LogP contribution is -2.30. The molecular formula is C24H32N6O4S. The van der Waals surface area contributed by atoms with Crippen molar-refractivity contribution in [3.8, 4) is 5.75 Å². The fourth-order valence-electron chi connectivity index (χ4n) is 5.03. The maximum absolute atomic E-state index is 10.7. The lowest BCUT2D eigenvalue weighted by atomic mass is 10.0. The minimum absolute atomic E-state index is 0.0396. The fourth-order valence-corrected chi connectivity index (χ4v) is 5.73. The molecule has 2 fully saturated rings. The quantitative estimate of drug-likeness (QED) is 0.242. The molecule has 0 saturated heterocycles. The van der Waals surface area contributed by atoms with Crippen molar-refractivity contribution in [3.05, 3.63) is 29.8 Å². The molecule has 188 valence electrons. The Bertz CT molecular complexity index is 1180. The summed E-state index contributed by atoms with van der Waals surface area (Å²) in [5, 5.41) is 43.4. The van der Waals surface area contributed by atoms with Gasteiger partial charge in [0, 0.05) is 24.3 Å². The predicted molar refractivity (Wildman–Crippen MR) is 133 cm³/mol. The number of aliphatic hydroxyl groups is 3. The SMILES string of the molecule is CCCSc1nc(NC2CC2c2ccccc2OC)c2nnn([C@@H]3C[C@H](CCO)[C@@H](O)[C@H]3O)c2n1. The molecule has 4 N–H and O–H groups in total. The molecule has 0 amide bonds. The first-order chi connectivity index (χ1) is 17.0. The maximum Gasteiger partial charge on any atom is 0.191 e. The molecule has 6 atom stereocenters. The topological polar surface area (TPSA) is 138 Å². The number of anilines is 1. The van der Waals surface area contributed by atoms with Crippen LogP contribution in [0.1, 0.15) is 50.1 Å². The van der Waals surface area contributed by atoms with E-state index < -0.39 is 18.2 Å². The van der Waals surface area contributed by atoms with Gasteiger partial charge in [-0.2, -0.15) is 0 Å². The number of para-hydroxylation sites is 1. The summed E-state index contributed by atoms with van der Waals surface area (Å²) in [6.07, 6.45) is 0.923. The summed E-state index contributed by atoms with van der Waals surface area (Å²) < 4.78 is 7.16. The summed E-state index contributed by atoms with van der Waals surface area (Å²) in [7, 11) is 1.69. The summed E-state index contributed by atoms with van der Waals surface area (Å²) in [6, 6.07) is 7.77. The number of nitrogens with zero attached hydrogens (tertiary/aromatic N) is 5. The number of nitrogens with one attached hydrogen (secondary N) is 1. The molecule has 0 radical (unpaired) electrons. The summed E-state index contributed by atoms with van der Waals surface area (Å²) in [6.45, 7) is 2.07. The van der Waals surface area contributed by atoms with Crippen molar-refractivity contribution in [2.75, 3.05) is 24.8 Å². The van der Waals surface area contributed by atoms with E-state index in [2.05, 4.69) is 28.6 Å². The Hall–Kier alpha value is -2.47. The van der Waals surface area contributed by atoms with Crippen molar-refractivity contribution in [2.24, 2.45) is 5.92 Å². The Morgan fingerprint density at radius 2 is 2.00 bits per heavy atom. The minimum Gasteiger partial charge on any atom is -0.496 e. The van der Waals surface area contributed by atoms with Gasteiger partial charge in [-0.25, -0.2) is 14.6 Å². The molecule has 1 aromatic carbocycles. The number of hydrogen-bond donors (Lipinski definition) is 4. The van der Waals surface area contributed by atoms with Crippen molar-refractivity contribution >= 4 is 28.7 Å². The zero-order chi connectivity index (χ0) is 24.5. The Morgan fingerprint density at radius 1 is 1.17 bits per heavy atom. The predicted octanol–water partition coefficient (Wildman–Crippen LogP) is 2.37. The molecule has 3 aromatic rings. The second-order valence-corrected chi connectivity index (χ2v) is 10.4. The van der Waals surface area contributed by atoms with Crippen molar-refractivity contribution in [1.29, 1.82) is 0 Å². The van der Waals surface area contributed by atoms with Gasteiger partial charge in [0.25, 0.3) is 0 Å². The number of aromatic nitrogens is 5. The number of methoxy groups -OCH3 is 1. The van der Waals surface area contributed by atoms with Crippen LogP contribution in [0.2, 0.25) is 0 Å². The largest absolute Gasteiger partial charge is 0.496 e. The van der Waals surface area contributed by atoms with Crippen molar-refractivity contribution < 1.29 is 20.1 Å². The highest BCUT2D eigenvalue weighted by molar-refractivity contribution is 7.99. The molecule has 2 aliphatic carbocycles. The first kappa shape index (κ1) is 24.2. The van der Waals surface area contributed by atoms with E-state index in [4.69, 9.17) is 14.7 Å². The van der Waals surface area contributed by atoms with Gasteiger partial charge >= 0.3 is 0 Å². The average Bonchev–Trinajstić information content (AvgIpc) is 3.42. The van der Waals surface area contributed by atoms with E-state index >= 15 is 0 Å². The van der Waals surface area contributed by atoms with Crippen LogP contribution in [-0.2, 0) is 0 Å². The molecule has 2 saturated carbocycles. The van der Waals surface area contributed by atoms with Crippen LogP contribution < -0.4 is 10.1 Å². The van der Waals surface area contributed by atoms with E-state index in [1.807, 2.05) is 18.2 Å². The molecule has 2 aliphatic rings. The fraction of sp³-hybridized carbons (Fsp3) is 0.583. The number of ether oxygens (including phenoxy) is 1. The van der Waals surface area contributed by atoms with Crippen molar-refractivity contribution in [1.82, 2.24) is 25.0 Å². The van der Waals surface area contributed by atoms with Gasteiger partial charge in [-0.05, 0) is 43.2 Å². The van der Waals surface area contributed by atoms with Crippen LogP contribution in [0.25, 0.3) is 11.2 Å². The van der Waals surface area contributed by atoms with Gasteiger partial charge in [-0.3, -0.25) is 0 Å². The molecule has 35 heavy (non-hydrogen) atoms. The first-order valence-corrected chi connectivity index (χ1v) is 13.2. The molecular weight excluding hydrogens is 468 g/mol. The van der Waals surface area contributed by atoms with Gasteiger partial charge in [-0.15, -0.1) is 5.10 Å². The van der Waals surface area contributed by atoms with Crippen molar-refractivity contribution in [3.63, 3.8) is 0 Å². The van der Waals surface area contributed by atoms with E-state index in [1.165, 1.54) is 5.56 Å². The summed E-state index contributed by atoms with van der Waals surface area (Å²) in [4.78, 5) is 9.48. The normalized spacial score (nSPS) is 27.9. The third-order valence-corrected chi connectivity index (χ3v) is 8.03. The third-order valence-electron chi connectivity index (χ3n) is 6.97. The van der Waals surface area contributed by atoms with E-state index in [9.17, 15) is 15.3 Å². The van der Waals surface area contributed by atoms with Gasteiger partial charge in [-0.1, -0.05) is 42.1 Å². The first-order valence-electron chi connectivity index (χ1n) is 12.2. The molecule has 2 unspecified atom stereocenters. The Balaban J connectivity index is 1.45. The van der Waals surface area contributed by atoms with Gasteiger partial charge in [0.2, 0.25) is 0 Å². The van der Waals surface area contributed by atoms with Crippen LogP contribution in [0.3, 0.4) is 0 Å². The molecule has 2 aromatic heterocycles. The van der Waals surface area contributed by atoms with Gasteiger partial charge in [0.05, 0.1) is 19.3 Å². The Labute approximate surface area is 208 Å². The molecule has 10 nitrogen and oxygen atoms in total. The maximum atomic E-state index is 10.7. The zero-order valence-corrected chi connectivity index (χ0v) is 20.7. The van der Waals surface area contributed by atoms with Crippen LogP contribution in [0.4, 0.5) is 5.82 Å². The summed E-state index contributed by atoms with van der Waals surface area (Å²) in [5.74, 6) is 2.49.